The van der Waals surface area contributed by atoms with E-state index in [1.54, 1.807) is 13.1 Å². The van der Waals surface area contributed by atoms with E-state index in [0.717, 1.165) is 0 Å². The lowest BCUT2D eigenvalue weighted by molar-refractivity contribution is -0.137. The van der Waals surface area contributed by atoms with Gasteiger partial charge in [0.2, 0.25) is 5.91 Å². The van der Waals surface area contributed by atoms with Crippen LogP contribution in [0.15, 0.2) is 12.3 Å². The van der Waals surface area contributed by atoms with E-state index in [1.165, 1.54) is 10.9 Å². The van der Waals surface area contributed by atoms with Gasteiger partial charge < -0.3 is 0 Å². The van der Waals surface area contributed by atoms with Crippen molar-refractivity contribution >= 4 is 25.8 Å². The molecule has 1 aliphatic rings. The lowest BCUT2D eigenvalue weighted by Crippen LogP contribution is -2.48. The van der Waals surface area contributed by atoms with Gasteiger partial charge in [-0.05, 0) is 6.07 Å². The summed E-state index contributed by atoms with van der Waals surface area (Å²) in [7, 11) is 2.83. The molecule has 1 atom stereocenters. The Morgan fingerprint density at radius 2 is 2.27 bits per heavy atom. The van der Waals surface area contributed by atoms with Gasteiger partial charge in [-0.15, -0.1) is 0 Å². The molecule has 0 bridgehead atoms. The number of halogens is 1. The molecule has 1 fully saturated rings. The molecule has 0 aromatic carbocycles. The Labute approximate surface area is 91.0 Å². The Morgan fingerprint density at radius 3 is 2.67 bits per heavy atom. The van der Waals surface area contributed by atoms with Crippen molar-refractivity contribution in [1.29, 1.82) is 0 Å². The predicted octanol–water partition coefficient (Wildman–Crippen LogP) is 0.177. The van der Waals surface area contributed by atoms with Gasteiger partial charge in [0.25, 0.3) is 0 Å². The van der Waals surface area contributed by atoms with Crippen LogP contribution in [0.1, 0.15) is 18.2 Å². The summed E-state index contributed by atoms with van der Waals surface area (Å²) in [5.74, 6) is -0.490. The highest BCUT2D eigenvalue weighted by Gasteiger charge is 2.45. The minimum atomic E-state index is -3.99. The summed E-state index contributed by atoms with van der Waals surface area (Å²) in [4.78, 5) is 11.1. The molecular formula is C7H8ClN3O3S. The average Bonchev–Trinajstić information content (AvgIpc) is 2.43. The highest BCUT2D eigenvalue weighted by atomic mass is 35.7. The van der Waals surface area contributed by atoms with E-state index >= 15 is 0 Å². The lowest BCUT2D eigenvalue weighted by atomic mass is 10.0. The molecule has 1 saturated heterocycles. The zero-order valence-electron chi connectivity index (χ0n) is 7.79. The summed E-state index contributed by atoms with van der Waals surface area (Å²) in [6, 6.07) is 1.14. The van der Waals surface area contributed by atoms with Crippen LogP contribution in [-0.2, 0) is 21.1 Å². The molecule has 1 unspecified atom stereocenters. The number of aromatic nitrogens is 2. The fourth-order valence-electron chi connectivity index (χ4n) is 1.61. The normalized spacial score (nSPS) is 21.6. The lowest BCUT2D eigenvalue weighted by Gasteiger charge is -2.36. The standard InChI is InChI=1S/C7H8ClN3O3S/c1-10-5(2-3-9-10)6-4-7(12)11(6)15(8,13)14/h2-3,6H,4H2,1H3. The third-order valence-corrected chi connectivity index (χ3v) is 3.71. The molecule has 15 heavy (non-hydrogen) atoms. The Hall–Kier alpha value is -1.08. The van der Waals surface area contributed by atoms with Crippen molar-refractivity contribution in [3.8, 4) is 0 Å². The van der Waals surface area contributed by atoms with E-state index < -0.39 is 21.2 Å². The van der Waals surface area contributed by atoms with E-state index in [4.69, 9.17) is 10.7 Å². The summed E-state index contributed by atoms with van der Waals surface area (Å²) >= 11 is 0. The molecular weight excluding hydrogens is 242 g/mol. The van der Waals surface area contributed by atoms with Gasteiger partial charge in [-0.25, -0.2) is 4.31 Å². The maximum atomic E-state index is 11.1. The third-order valence-electron chi connectivity index (χ3n) is 2.33. The van der Waals surface area contributed by atoms with E-state index in [0.29, 0.717) is 10.00 Å². The van der Waals surface area contributed by atoms with Gasteiger partial charge in [0, 0.05) is 23.9 Å². The molecule has 1 aromatic rings. The van der Waals surface area contributed by atoms with Crippen molar-refractivity contribution in [3.63, 3.8) is 0 Å². The van der Waals surface area contributed by atoms with Crippen molar-refractivity contribution in [1.82, 2.24) is 14.1 Å². The van der Waals surface area contributed by atoms with Gasteiger partial charge in [0.1, 0.15) is 0 Å². The monoisotopic (exact) mass is 249 g/mol. The molecule has 82 valence electrons. The fourth-order valence-corrected chi connectivity index (χ4v) is 2.93. The fraction of sp³-hybridized carbons (Fsp3) is 0.429. The Balaban J connectivity index is 2.35. The van der Waals surface area contributed by atoms with Crippen LogP contribution in [0.2, 0.25) is 0 Å². The molecule has 1 aromatic heterocycles. The van der Waals surface area contributed by atoms with Crippen LogP contribution in [0.25, 0.3) is 0 Å². The first-order valence-electron chi connectivity index (χ1n) is 4.16. The summed E-state index contributed by atoms with van der Waals surface area (Å²) in [6.45, 7) is 0. The highest BCUT2D eigenvalue weighted by Crippen LogP contribution is 2.37. The topological polar surface area (TPSA) is 72.3 Å². The van der Waals surface area contributed by atoms with Crippen LogP contribution in [0.3, 0.4) is 0 Å². The largest absolute Gasteiger partial charge is 0.324 e. The molecule has 6 nitrogen and oxygen atoms in total. The zero-order valence-corrected chi connectivity index (χ0v) is 9.36. The van der Waals surface area contributed by atoms with Gasteiger partial charge in [-0.3, -0.25) is 9.48 Å². The van der Waals surface area contributed by atoms with Crippen LogP contribution in [0.4, 0.5) is 0 Å². The first kappa shape index (κ1) is 10.4. The van der Waals surface area contributed by atoms with Crippen molar-refractivity contribution in [2.75, 3.05) is 0 Å². The molecule has 0 radical (unpaired) electrons. The number of β-lactam (4-membered cyclic amide) rings is 1. The first-order chi connectivity index (χ1) is 6.91. The number of rotatable bonds is 2. The quantitative estimate of drug-likeness (QED) is 0.554. The molecule has 2 rings (SSSR count). The highest BCUT2D eigenvalue weighted by molar-refractivity contribution is 8.12. The smallest absolute Gasteiger partial charge is 0.274 e. The van der Waals surface area contributed by atoms with E-state index in [1.807, 2.05) is 0 Å². The predicted molar refractivity (Wildman–Crippen MR) is 52.2 cm³/mol. The summed E-state index contributed by atoms with van der Waals surface area (Å²) in [6.07, 6.45) is 1.68. The van der Waals surface area contributed by atoms with Gasteiger partial charge in [0.05, 0.1) is 18.2 Å². The van der Waals surface area contributed by atoms with E-state index in [-0.39, 0.29) is 6.42 Å². The van der Waals surface area contributed by atoms with Crippen molar-refractivity contribution in [2.24, 2.45) is 7.05 Å². The van der Waals surface area contributed by atoms with Crippen LogP contribution in [-0.4, -0.2) is 28.4 Å². The van der Waals surface area contributed by atoms with Crippen LogP contribution >= 0.6 is 10.7 Å². The number of carbonyl (C=O) groups is 1. The Kier molecular flexibility index (Phi) is 2.23. The number of nitrogens with zero attached hydrogens (tertiary/aromatic N) is 3. The molecule has 0 spiro atoms. The molecule has 1 amide bonds. The summed E-state index contributed by atoms with van der Waals surface area (Å²) < 4.78 is 24.4. The van der Waals surface area contributed by atoms with E-state index in [9.17, 15) is 13.2 Å². The second-order valence-electron chi connectivity index (χ2n) is 3.23. The first-order valence-corrected chi connectivity index (χ1v) is 6.42. The maximum Gasteiger partial charge on any atom is 0.324 e. The molecule has 1 aliphatic heterocycles. The number of amides is 1. The molecule has 0 N–H and O–H groups in total. The van der Waals surface area contributed by atoms with Gasteiger partial charge in [-0.1, -0.05) is 0 Å². The molecule has 0 aliphatic carbocycles. The van der Waals surface area contributed by atoms with Gasteiger partial charge in [0.15, 0.2) is 0 Å². The number of carbonyl (C=O) groups excluding carboxylic acids is 1. The van der Waals surface area contributed by atoms with Gasteiger partial charge >= 0.3 is 9.24 Å². The second-order valence-corrected chi connectivity index (χ2v) is 5.62. The van der Waals surface area contributed by atoms with Crippen molar-refractivity contribution < 1.29 is 13.2 Å². The van der Waals surface area contributed by atoms with E-state index in [2.05, 4.69) is 5.10 Å². The van der Waals surface area contributed by atoms with Crippen molar-refractivity contribution in [3.05, 3.63) is 18.0 Å². The Morgan fingerprint density at radius 1 is 1.60 bits per heavy atom. The number of hydrogen-bond acceptors (Lipinski definition) is 4. The minimum absolute atomic E-state index is 0.144. The molecule has 8 heteroatoms. The molecule has 2 heterocycles. The SMILES string of the molecule is Cn1nccc1C1CC(=O)N1S(=O)(=O)Cl. The average molecular weight is 250 g/mol. The molecule has 0 saturated carbocycles. The summed E-state index contributed by atoms with van der Waals surface area (Å²) in [5.41, 5.74) is 0.652. The van der Waals surface area contributed by atoms with Gasteiger partial charge in [-0.2, -0.15) is 13.5 Å². The maximum absolute atomic E-state index is 11.1. The second kappa shape index (κ2) is 3.21. The minimum Gasteiger partial charge on any atom is -0.274 e. The third kappa shape index (κ3) is 1.61. The van der Waals surface area contributed by atoms with Crippen LogP contribution in [0.5, 0.6) is 0 Å². The number of aryl methyl sites for hydroxylation is 1. The van der Waals surface area contributed by atoms with Crippen molar-refractivity contribution in [2.45, 2.75) is 12.5 Å². The zero-order chi connectivity index (χ0) is 11.2. The number of hydrogen-bond donors (Lipinski definition) is 0. The Bertz CT molecular complexity index is 509. The summed E-state index contributed by atoms with van der Waals surface area (Å²) in [5, 5.41) is 3.90. The van der Waals surface area contributed by atoms with Crippen LogP contribution in [0, 0.1) is 0 Å². The van der Waals surface area contributed by atoms with Crippen LogP contribution < -0.4 is 0 Å².